The minimum absolute atomic E-state index is 0.218. The smallest absolute Gasteiger partial charge is 0.344 e. The molecule has 2 fully saturated rings. The molecular weight excluding hydrogens is 436 g/mol. The highest BCUT2D eigenvalue weighted by Crippen LogP contribution is 2.58. The lowest BCUT2D eigenvalue weighted by atomic mass is 10.2. The number of rotatable bonds is 8. The van der Waals surface area contributed by atoms with Crippen LogP contribution in [0.3, 0.4) is 0 Å². The summed E-state index contributed by atoms with van der Waals surface area (Å²) in [5, 5.41) is 2.71. The first-order valence-corrected chi connectivity index (χ1v) is 11.6. The van der Waals surface area contributed by atoms with E-state index in [2.05, 4.69) is 5.32 Å². The first kappa shape index (κ1) is 21.9. The molecule has 0 spiro atoms. The molecule has 1 saturated carbocycles. The molecule has 2 aromatic rings. The third kappa shape index (κ3) is 3.75. The molecular formula is C22H24N2O7S. The number of sulfonamides is 1. The third-order valence-electron chi connectivity index (χ3n) is 5.70. The second-order valence-electron chi connectivity index (χ2n) is 7.60. The van der Waals surface area contributed by atoms with Crippen molar-refractivity contribution in [1.29, 1.82) is 0 Å². The van der Waals surface area contributed by atoms with Crippen LogP contribution in [0.5, 0.6) is 11.5 Å². The minimum Gasteiger partial charge on any atom is -0.497 e. The van der Waals surface area contributed by atoms with Crippen LogP contribution in [0.25, 0.3) is 0 Å². The van der Waals surface area contributed by atoms with Crippen LogP contribution in [0.4, 0.5) is 11.4 Å². The van der Waals surface area contributed by atoms with Gasteiger partial charge in [-0.2, -0.15) is 0 Å². The molecule has 1 amide bonds. The lowest BCUT2D eigenvalue weighted by molar-refractivity contribution is -0.145. The van der Waals surface area contributed by atoms with Crippen LogP contribution in [-0.2, 0) is 24.3 Å². The molecule has 4 rings (SSSR count). The van der Waals surface area contributed by atoms with Crippen molar-refractivity contribution in [3.05, 3.63) is 48.5 Å². The molecule has 0 bridgehead atoms. The lowest BCUT2D eigenvalue weighted by Gasteiger charge is -2.23. The Morgan fingerprint density at radius 3 is 2.38 bits per heavy atom. The van der Waals surface area contributed by atoms with E-state index < -0.39 is 26.6 Å². The van der Waals surface area contributed by atoms with Gasteiger partial charge in [-0.3, -0.25) is 9.10 Å². The maximum Gasteiger partial charge on any atom is 0.344 e. The Morgan fingerprint density at radius 2 is 1.75 bits per heavy atom. The number of carbonyl (C=O) groups is 2. The van der Waals surface area contributed by atoms with E-state index in [0.29, 0.717) is 29.3 Å². The van der Waals surface area contributed by atoms with Crippen molar-refractivity contribution in [2.45, 2.75) is 18.1 Å². The van der Waals surface area contributed by atoms with Crippen LogP contribution in [0.15, 0.2) is 48.5 Å². The Kier molecular flexibility index (Phi) is 5.72. The number of anilines is 2. The van der Waals surface area contributed by atoms with Gasteiger partial charge in [0, 0.05) is 18.2 Å². The number of carbonyl (C=O) groups excluding carboxylic acids is 2. The van der Waals surface area contributed by atoms with Gasteiger partial charge in [0.15, 0.2) is 11.4 Å². The van der Waals surface area contributed by atoms with E-state index in [4.69, 9.17) is 14.2 Å². The van der Waals surface area contributed by atoms with Gasteiger partial charge in [0.2, 0.25) is 15.9 Å². The predicted octanol–water partition coefficient (Wildman–Crippen LogP) is 2.18. The molecule has 1 aliphatic carbocycles. The van der Waals surface area contributed by atoms with Crippen molar-refractivity contribution in [2.24, 2.45) is 5.92 Å². The fourth-order valence-corrected chi connectivity index (χ4v) is 6.30. The number of nitrogens with one attached hydrogen (secondary N) is 1. The molecule has 1 N–H and O–H groups in total. The van der Waals surface area contributed by atoms with Gasteiger partial charge in [0.05, 0.1) is 19.4 Å². The van der Waals surface area contributed by atoms with Crippen molar-refractivity contribution in [3.63, 3.8) is 0 Å². The molecule has 10 heteroatoms. The van der Waals surface area contributed by atoms with Crippen LogP contribution in [0.1, 0.15) is 13.3 Å². The zero-order valence-corrected chi connectivity index (χ0v) is 18.6. The van der Waals surface area contributed by atoms with E-state index in [9.17, 15) is 18.0 Å². The van der Waals surface area contributed by atoms with Crippen LogP contribution < -0.4 is 19.1 Å². The van der Waals surface area contributed by atoms with Crippen LogP contribution in [0.2, 0.25) is 0 Å². The van der Waals surface area contributed by atoms with E-state index in [1.165, 1.54) is 11.4 Å². The van der Waals surface area contributed by atoms with Crippen molar-refractivity contribution >= 4 is 33.3 Å². The van der Waals surface area contributed by atoms with Gasteiger partial charge in [-0.15, -0.1) is 0 Å². The maximum atomic E-state index is 13.3. The summed E-state index contributed by atoms with van der Waals surface area (Å²) >= 11 is 0. The van der Waals surface area contributed by atoms with Crippen molar-refractivity contribution in [2.75, 3.05) is 36.5 Å². The molecule has 2 aliphatic rings. The predicted molar refractivity (Wildman–Crippen MR) is 117 cm³/mol. The normalized spacial score (nSPS) is 22.6. The molecule has 32 heavy (non-hydrogen) atoms. The average molecular weight is 461 g/mol. The van der Waals surface area contributed by atoms with E-state index in [0.717, 1.165) is 0 Å². The van der Waals surface area contributed by atoms with Gasteiger partial charge in [0.1, 0.15) is 11.5 Å². The van der Waals surface area contributed by atoms with Gasteiger partial charge in [-0.1, -0.05) is 0 Å². The van der Waals surface area contributed by atoms with E-state index in [1.54, 1.807) is 55.5 Å². The van der Waals surface area contributed by atoms with Gasteiger partial charge in [-0.05, 0) is 61.9 Å². The molecule has 1 aliphatic heterocycles. The van der Waals surface area contributed by atoms with Crippen LogP contribution in [0, 0.1) is 5.92 Å². The van der Waals surface area contributed by atoms with Gasteiger partial charge < -0.3 is 19.5 Å². The largest absolute Gasteiger partial charge is 0.497 e. The number of fused-ring (bicyclic) bond motifs is 1. The number of ether oxygens (including phenoxy) is 3. The van der Waals surface area contributed by atoms with Crippen molar-refractivity contribution in [1.82, 2.24) is 0 Å². The van der Waals surface area contributed by atoms with E-state index in [-0.39, 0.29) is 25.7 Å². The standard InChI is InChI=1S/C22H24N2O7S/c1-3-30-20(25)14-31-19-8-4-16(5-9-19)23-21(26)22-12-15(22)13-24(32(22,27)28)17-6-10-18(29-2)11-7-17/h4-11,15H,3,12-14H2,1-2H3,(H,23,26)/t15-,22-/m1/s1. The second-order valence-corrected chi connectivity index (χ2v) is 9.72. The molecule has 2 atom stereocenters. The molecule has 0 aromatic heterocycles. The fraction of sp³-hybridized carbons (Fsp3) is 0.364. The Hall–Kier alpha value is -3.27. The monoisotopic (exact) mass is 460 g/mol. The van der Waals surface area contributed by atoms with Gasteiger partial charge >= 0.3 is 5.97 Å². The summed E-state index contributed by atoms with van der Waals surface area (Å²) < 4.78 is 41.6. The summed E-state index contributed by atoms with van der Waals surface area (Å²) in [6.45, 7) is 2.03. The summed E-state index contributed by atoms with van der Waals surface area (Å²) in [4.78, 5) is 24.4. The molecule has 170 valence electrons. The molecule has 2 aromatic carbocycles. The van der Waals surface area contributed by atoms with Crippen molar-refractivity contribution in [3.8, 4) is 11.5 Å². The summed E-state index contributed by atoms with van der Waals surface area (Å²) in [6.07, 6.45) is 0.300. The number of hydrogen-bond donors (Lipinski definition) is 1. The van der Waals surface area contributed by atoms with Crippen LogP contribution >= 0.6 is 0 Å². The zero-order valence-electron chi connectivity index (χ0n) is 17.7. The number of methoxy groups -OCH3 is 1. The summed E-state index contributed by atoms with van der Waals surface area (Å²) in [5.74, 6) is -0.229. The number of hydrogen-bond acceptors (Lipinski definition) is 7. The minimum atomic E-state index is -3.87. The molecule has 1 saturated heterocycles. The fourth-order valence-electron chi connectivity index (χ4n) is 3.93. The highest BCUT2D eigenvalue weighted by Gasteiger charge is 2.75. The number of esters is 1. The Morgan fingerprint density at radius 1 is 1.09 bits per heavy atom. The lowest BCUT2D eigenvalue weighted by Crippen LogP contribution is -2.42. The summed E-state index contributed by atoms with van der Waals surface area (Å²) in [5.41, 5.74) is 0.949. The third-order valence-corrected chi connectivity index (χ3v) is 8.25. The van der Waals surface area contributed by atoms with Gasteiger partial charge in [0.25, 0.3) is 0 Å². The van der Waals surface area contributed by atoms with E-state index >= 15 is 0 Å². The van der Waals surface area contributed by atoms with Crippen molar-refractivity contribution < 1.29 is 32.2 Å². The summed E-state index contributed by atoms with van der Waals surface area (Å²) in [6, 6.07) is 13.1. The number of benzene rings is 2. The topological polar surface area (TPSA) is 111 Å². The molecule has 0 radical (unpaired) electrons. The average Bonchev–Trinajstić information content (AvgIpc) is 3.48. The molecule has 1 heterocycles. The van der Waals surface area contributed by atoms with E-state index in [1.807, 2.05) is 0 Å². The first-order chi connectivity index (χ1) is 15.3. The first-order valence-electron chi connectivity index (χ1n) is 10.2. The number of nitrogens with zero attached hydrogens (tertiary/aromatic N) is 1. The van der Waals surface area contributed by atoms with Gasteiger partial charge in [-0.25, -0.2) is 13.2 Å². The number of amides is 1. The highest BCUT2D eigenvalue weighted by molar-refractivity contribution is 7.95. The second kappa shape index (κ2) is 8.34. The highest BCUT2D eigenvalue weighted by atomic mass is 32.2. The Bertz CT molecular complexity index is 1120. The SMILES string of the molecule is CCOC(=O)COc1ccc(NC(=O)[C@@]23C[C@@H]2CN(c2ccc(OC)cc2)S3(=O)=O)cc1. The molecule has 0 unspecified atom stereocenters. The molecule has 9 nitrogen and oxygen atoms in total. The van der Waals surface area contributed by atoms with Crippen LogP contribution in [-0.4, -0.2) is 51.9 Å². The Balaban J connectivity index is 1.43. The Labute approximate surface area is 186 Å². The summed E-state index contributed by atoms with van der Waals surface area (Å²) in [7, 11) is -2.34. The zero-order chi connectivity index (χ0) is 22.9. The quantitative estimate of drug-likeness (QED) is 0.601. The maximum absolute atomic E-state index is 13.3.